The van der Waals surface area contributed by atoms with E-state index in [0.29, 0.717) is 31.6 Å². The van der Waals surface area contributed by atoms with Crippen molar-refractivity contribution in [1.29, 1.82) is 0 Å². The van der Waals surface area contributed by atoms with Gasteiger partial charge < -0.3 is 33.8 Å². The van der Waals surface area contributed by atoms with Crippen molar-refractivity contribution in [2.75, 3.05) is 39.6 Å². The normalized spacial score (nSPS) is 14.7. The molecule has 0 fully saturated rings. The van der Waals surface area contributed by atoms with E-state index in [4.69, 9.17) is 37.0 Å². The molecule has 0 spiro atoms. The number of hydrogen-bond acceptors (Lipinski definition) is 15. The first-order valence-electron chi connectivity index (χ1n) is 34.7. The number of esters is 4. The molecule has 0 heterocycles. The highest BCUT2D eigenvalue weighted by Crippen LogP contribution is 2.45. The number of hydrogen-bond donors (Lipinski definition) is 3. The van der Waals surface area contributed by atoms with Gasteiger partial charge in [-0.3, -0.25) is 37.3 Å². The lowest BCUT2D eigenvalue weighted by Crippen LogP contribution is -2.30. The Balaban J connectivity index is 5.23. The van der Waals surface area contributed by atoms with E-state index in [1.165, 1.54) is 122 Å². The van der Waals surface area contributed by atoms with Gasteiger partial charge in [0.2, 0.25) is 0 Å². The number of rotatable bonds is 64. The number of phosphoric ester groups is 2. The van der Waals surface area contributed by atoms with E-state index < -0.39 is 97.5 Å². The Bertz CT molecular complexity index is 1720. The predicted molar refractivity (Wildman–Crippen MR) is 344 cm³/mol. The van der Waals surface area contributed by atoms with Crippen LogP contribution in [0, 0.1) is 23.7 Å². The highest BCUT2D eigenvalue weighted by Gasteiger charge is 2.30. The maximum Gasteiger partial charge on any atom is 0.472 e. The maximum absolute atomic E-state index is 13.0. The summed E-state index contributed by atoms with van der Waals surface area (Å²) >= 11 is 0. The first-order chi connectivity index (χ1) is 41.1. The van der Waals surface area contributed by atoms with E-state index in [-0.39, 0.29) is 25.7 Å². The molecule has 0 aliphatic rings. The summed E-state index contributed by atoms with van der Waals surface area (Å²) in [6.07, 6.45) is 37.7. The first-order valence-corrected chi connectivity index (χ1v) is 37.7. The molecule has 0 aliphatic heterocycles. The van der Waals surface area contributed by atoms with Gasteiger partial charge in [-0.15, -0.1) is 0 Å². The maximum atomic E-state index is 13.0. The van der Waals surface area contributed by atoms with Crippen LogP contribution in [0.3, 0.4) is 0 Å². The minimum absolute atomic E-state index is 0.102. The van der Waals surface area contributed by atoms with Gasteiger partial charge in [-0.1, -0.05) is 274 Å². The molecule has 0 aromatic carbocycles. The van der Waals surface area contributed by atoms with Gasteiger partial charge in [-0.05, 0) is 49.4 Å². The molecule has 6 atom stereocenters. The monoisotopic (exact) mass is 1270 g/mol. The fourth-order valence-corrected chi connectivity index (χ4v) is 11.5. The summed E-state index contributed by atoms with van der Waals surface area (Å²) in [6.45, 7) is 14.0. The lowest BCUT2D eigenvalue weighted by atomic mass is 10.00. The highest BCUT2D eigenvalue weighted by atomic mass is 31.2. The average molecular weight is 1270 g/mol. The van der Waals surface area contributed by atoms with Gasteiger partial charge in [-0.25, -0.2) is 9.13 Å². The molecule has 0 rings (SSSR count). The molecule has 3 N–H and O–H groups in total. The molecule has 0 radical (unpaired) electrons. The summed E-state index contributed by atoms with van der Waals surface area (Å²) in [5, 5.41) is 10.6. The number of carbonyl (C=O) groups is 4. The van der Waals surface area contributed by atoms with Gasteiger partial charge in [0, 0.05) is 25.7 Å². The van der Waals surface area contributed by atoms with Crippen molar-refractivity contribution in [2.45, 2.75) is 343 Å². The minimum Gasteiger partial charge on any atom is -0.462 e. The average Bonchev–Trinajstić information content (AvgIpc) is 3.68. The number of aliphatic hydroxyl groups excluding tert-OH is 1. The van der Waals surface area contributed by atoms with Gasteiger partial charge in [0.15, 0.2) is 12.2 Å². The molecule has 0 saturated heterocycles. The first kappa shape index (κ1) is 84.1. The lowest BCUT2D eigenvalue weighted by molar-refractivity contribution is -0.161. The SMILES string of the molecule is CCC(C)CCCCCCCCC(=O)O[C@H](COC(=O)CCCCCCCCCCCCCCC(C)C)COP(=O)(O)OCC(O)COP(=O)(O)OC[C@@H](COC(=O)CCCCCCCCCC(C)C)OC(=O)CCCCCCCCCCC(C)C. The summed E-state index contributed by atoms with van der Waals surface area (Å²) in [5.41, 5.74) is 0. The molecular formula is C67H130O17P2. The largest absolute Gasteiger partial charge is 0.472 e. The Morgan fingerprint density at radius 1 is 0.326 bits per heavy atom. The number of carbonyl (C=O) groups excluding carboxylic acids is 4. The molecular weight excluding hydrogens is 1140 g/mol. The third-order valence-corrected chi connectivity index (χ3v) is 17.6. The van der Waals surface area contributed by atoms with E-state index >= 15 is 0 Å². The Morgan fingerprint density at radius 3 is 0.826 bits per heavy atom. The zero-order valence-corrected chi connectivity index (χ0v) is 57.7. The zero-order chi connectivity index (χ0) is 63.9. The highest BCUT2D eigenvalue weighted by molar-refractivity contribution is 7.47. The van der Waals surface area contributed by atoms with Crippen molar-refractivity contribution in [3.8, 4) is 0 Å². The van der Waals surface area contributed by atoms with Crippen LogP contribution in [0.25, 0.3) is 0 Å². The molecule has 0 aliphatic carbocycles. The molecule has 86 heavy (non-hydrogen) atoms. The molecule has 0 saturated carbocycles. The van der Waals surface area contributed by atoms with E-state index in [0.717, 1.165) is 114 Å². The van der Waals surface area contributed by atoms with Crippen molar-refractivity contribution in [3.63, 3.8) is 0 Å². The van der Waals surface area contributed by atoms with Crippen LogP contribution < -0.4 is 0 Å². The molecule has 0 aromatic rings. The van der Waals surface area contributed by atoms with Crippen LogP contribution in [-0.4, -0.2) is 96.7 Å². The molecule has 0 amide bonds. The lowest BCUT2D eigenvalue weighted by Gasteiger charge is -2.21. The number of ether oxygens (including phenoxy) is 4. The number of phosphoric acid groups is 2. The van der Waals surface area contributed by atoms with Crippen molar-refractivity contribution in [1.82, 2.24) is 0 Å². The summed E-state index contributed by atoms with van der Waals surface area (Å²) < 4.78 is 68.1. The van der Waals surface area contributed by atoms with Crippen LogP contribution in [-0.2, 0) is 65.4 Å². The molecule has 4 unspecified atom stereocenters. The zero-order valence-electron chi connectivity index (χ0n) is 55.9. The van der Waals surface area contributed by atoms with Gasteiger partial charge in [0.1, 0.15) is 19.3 Å². The summed E-state index contributed by atoms with van der Waals surface area (Å²) in [4.78, 5) is 72.3. The van der Waals surface area contributed by atoms with Crippen molar-refractivity contribution in [2.24, 2.45) is 23.7 Å². The molecule has 0 aromatic heterocycles. The van der Waals surface area contributed by atoms with E-state index in [1.807, 2.05) is 0 Å². The third kappa shape index (κ3) is 59.7. The van der Waals surface area contributed by atoms with Gasteiger partial charge in [-0.2, -0.15) is 0 Å². The van der Waals surface area contributed by atoms with Gasteiger partial charge in [0.25, 0.3) is 0 Å². The Labute approximate surface area is 524 Å². The number of unbranched alkanes of at least 4 members (excludes halogenated alkanes) is 29. The van der Waals surface area contributed by atoms with E-state index in [9.17, 15) is 43.2 Å². The van der Waals surface area contributed by atoms with Crippen LogP contribution in [0.2, 0.25) is 0 Å². The van der Waals surface area contributed by atoms with E-state index in [2.05, 4.69) is 55.4 Å². The second-order valence-corrected chi connectivity index (χ2v) is 28.8. The Hall–Kier alpha value is -1.94. The number of aliphatic hydroxyl groups is 1. The Morgan fingerprint density at radius 2 is 0.558 bits per heavy atom. The van der Waals surface area contributed by atoms with Crippen LogP contribution in [0.5, 0.6) is 0 Å². The van der Waals surface area contributed by atoms with Gasteiger partial charge in [0.05, 0.1) is 26.4 Å². The fraction of sp³-hybridized carbons (Fsp3) is 0.940. The summed E-state index contributed by atoms with van der Waals surface area (Å²) in [5.74, 6) is 0.787. The summed E-state index contributed by atoms with van der Waals surface area (Å²) in [6, 6.07) is 0. The quantitative estimate of drug-likeness (QED) is 0.0222. The van der Waals surface area contributed by atoms with Crippen molar-refractivity contribution in [3.05, 3.63) is 0 Å². The molecule has 17 nitrogen and oxygen atoms in total. The van der Waals surface area contributed by atoms with Crippen LogP contribution in [0.4, 0.5) is 0 Å². The van der Waals surface area contributed by atoms with Crippen LogP contribution in [0.1, 0.15) is 325 Å². The second kappa shape index (κ2) is 57.0. The third-order valence-electron chi connectivity index (χ3n) is 15.7. The minimum atomic E-state index is -4.95. The predicted octanol–water partition coefficient (Wildman–Crippen LogP) is 18.5. The van der Waals surface area contributed by atoms with Crippen LogP contribution >= 0.6 is 15.6 Å². The Kier molecular flexibility index (Phi) is 55.7. The molecule has 19 heteroatoms. The standard InChI is InChI=1S/C67H130O17P2/c1-9-60(8)46-38-30-25-26-34-42-50-67(72)84-63(54-77-64(69)47-39-31-22-15-13-11-10-12-14-19-27-35-43-57(2)3)56-82-86(75,76)80-52-61(68)51-79-85(73,74)81-55-62(53-78-65(70)48-40-32-24-18-21-29-37-45-59(6)7)83-66(71)49-41-33-23-17-16-20-28-36-44-58(4)5/h57-63,68H,9-56H2,1-8H3,(H,73,74)(H,75,76)/t60?,61?,62-,63-/m1/s1. The molecule has 0 bridgehead atoms. The smallest absolute Gasteiger partial charge is 0.462 e. The van der Waals surface area contributed by atoms with Crippen molar-refractivity contribution < 1.29 is 80.2 Å². The summed E-state index contributed by atoms with van der Waals surface area (Å²) in [7, 11) is -9.90. The molecule has 510 valence electrons. The fourth-order valence-electron chi connectivity index (χ4n) is 9.93. The topological polar surface area (TPSA) is 237 Å². The second-order valence-electron chi connectivity index (χ2n) is 25.9. The van der Waals surface area contributed by atoms with Crippen molar-refractivity contribution >= 4 is 39.5 Å². The van der Waals surface area contributed by atoms with Crippen LogP contribution in [0.15, 0.2) is 0 Å². The van der Waals surface area contributed by atoms with E-state index in [1.54, 1.807) is 0 Å². The van der Waals surface area contributed by atoms with Gasteiger partial charge >= 0.3 is 39.5 Å².